The molecule has 1 unspecified atom stereocenters. The van der Waals surface area contributed by atoms with E-state index in [0.29, 0.717) is 16.0 Å². The SMILES string of the molecule is CCOC(=O)C(C(=O)O)c1ccc(-c2ccccc2)c(N(C(=O)OC(C)(C)C)C(=O)OC(C)(C)C)n1. The lowest BCUT2D eigenvalue weighted by atomic mass is 10.0. The second kappa shape index (κ2) is 11.2. The molecule has 10 heteroatoms. The van der Waals surface area contributed by atoms with Crippen molar-refractivity contribution in [1.29, 1.82) is 0 Å². The molecule has 0 aliphatic heterocycles. The molecule has 1 atom stereocenters. The zero-order valence-electron chi connectivity index (χ0n) is 21.5. The summed E-state index contributed by atoms with van der Waals surface area (Å²) in [5.41, 5.74) is -1.30. The first-order valence-electron chi connectivity index (χ1n) is 11.4. The van der Waals surface area contributed by atoms with Gasteiger partial charge in [-0.25, -0.2) is 14.6 Å². The number of pyridine rings is 1. The maximum Gasteiger partial charge on any atom is 0.425 e. The number of aromatic nitrogens is 1. The first-order valence-corrected chi connectivity index (χ1v) is 11.4. The number of aliphatic carboxylic acids is 1. The van der Waals surface area contributed by atoms with Gasteiger partial charge in [-0.15, -0.1) is 0 Å². The van der Waals surface area contributed by atoms with Gasteiger partial charge in [-0.3, -0.25) is 9.59 Å². The molecular weight excluding hydrogens is 468 g/mol. The highest BCUT2D eigenvalue weighted by Gasteiger charge is 2.38. The monoisotopic (exact) mass is 500 g/mol. The van der Waals surface area contributed by atoms with Crippen LogP contribution >= 0.6 is 0 Å². The molecule has 0 spiro atoms. The van der Waals surface area contributed by atoms with E-state index in [0.717, 1.165) is 0 Å². The highest BCUT2D eigenvalue weighted by molar-refractivity contribution is 6.11. The van der Waals surface area contributed by atoms with E-state index < -0.39 is 41.2 Å². The number of hydrogen-bond donors (Lipinski definition) is 1. The Hall–Kier alpha value is -3.95. The quantitative estimate of drug-likeness (QED) is 0.324. The van der Waals surface area contributed by atoms with Crippen LogP contribution < -0.4 is 4.90 Å². The molecule has 1 heterocycles. The number of carboxylic acid groups (broad SMARTS) is 1. The van der Waals surface area contributed by atoms with Gasteiger partial charge in [0.05, 0.1) is 12.3 Å². The second-order valence-corrected chi connectivity index (χ2v) is 9.79. The van der Waals surface area contributed by atoms with E-state index in [1.54, 1.807) is 78.8 Å². The number of carbonyl (C=O) groups excluding carboxylic acids is 3. The highest BCUT2D eigenvalue weighted by atomic mass is 16.6. The van der Waals surface area contributed by atoms with E-state index in [9.17, 15) is 24.3 Å². The van der Waals surface area contributed by atoms with Crippen LogP contribution in [0.1, 0.15) is 60.1 Å². The van der Waals surface area contributed by atoms with Gasteiger partial charge in [0, 0.05) is 5.56 Å². The number of esters is 1. The van der Waals surface area contributed by atoms with Crippen LogP contribution in [0.5, 0.6) is 0 Å². The lowest BCUT2D eigenvalue weighted by Gasteiger charge is -2.29. The molecule has 0 radical (unpaired) electrons. The summed E-state index contributed by atoms with van der Waals surface area (Å²) in [6.07, 6.45) is -2.16. The molecule has 0 saturated carbocycles. The van der Waals surface area contributed by atoms with E-state index in [1.165, 1.54) is 12.1 Å². The minimum absolute atomic E-state index is 0.0422. The van der Waals surface area contributed by atoms with Gasteiger partial charge >= 0.3 is 24.1 Å². The third kappa shape index (κ3) is 7.53. The van der Waals surface area contributed by atoms with Crippen molar-refractivity contribution < 1.29 is 38.5 Å². The standard InChI is InChI=1S/C26H32N2O8/c1-8-34-22(31)19(21(29)30)18-15-14-17(16-12-10-9-11-13-16)20(27-18)28(23(32)35-25(2,3)4)24(33)36-26(5,6)7/h9-15,19H,8H2,1-7H3,(H,29,30). The summed E-state index contributed by atoms with van der Waals surface area (Å²) in [7, 11) is 0. The molecule has 1 aromatic carbocycles. The highest BCUT2D eigenvalue weighted by Crippen LogP contribution is 2.33. The first kappa shape index (κ1) is 28.3. The van der Waals surface area contributed by atoms with Crippen LogP contribution in [-0.2, 0) is 23.8 Å². The van der Waals surface area contributed by atoms with Crippen molar-refractivity contribution in [3.63, 3.8) is 0 Å². The predicted molar refractivity (Wildman–Crippen MR) is 132 cm³/mol. The smallest absolute Gasteiger partial charge is 0.425 e. The van der Waals surface area contributed by atoms with Crippen molar-refractivity contribution in [2.24, 2.45) is 0 Å². The Kier molecular flexibility index (Phi) is 8.80. The third-order valence-electron chi connectivity index (χ3n) is 4.41. The van der Waals surface area contributed by atoms with E-state index in [2.05, 4.69) is 4.98 Å². The number of carbonyl (C=O) groups is 4. The van der Waals surface area contributed by atoms with Crippen LogP contribution in [0.3, 0.4) is 0 Å². The van der Waals surface area contributed by atoms with Crippen LogP contribution in [0.4, 0.5) is 15.4 Å². The Morgan fingerprint density at radius 2 is 1.42 bits per heavy atom. The van der Waals surface area contributed by atoms with Crippen molar-refractivity contribution in [3.8, 4) is 11.1 Å². The number of amides is 2. The maximum absolute atomic E-state index is 13.3. The van der Waals surface area contributed by atoms with Gasteiger partial charge in [-0.2, -0.15) is 4.90 Å². The Balaban J connectivity index is 2.82. The van der Waals surface area contributed by atoms with Crippen LogP contribution in [0, 0.1) is 0 Å². The molecule has 2 aromatic rings. The zero-order valence-corrected chi connectivity index (χ0v) is 21.5. The summed E-state index contributed by atoms with van der Waals surface area (Å²) in [5.74, 6) is -4.57. The number of benzene rings is 1. The van der Waals surface area contributed by atoms with Crippen molar-refractivity contribution in [3.05, 3.63) is 48.2 Å². The maximum atomic E-state index is 13.3. The van der Waals surface area contributed by atoms with E-state index >= 15 is 0 Å². The van der Waals surface area contributed by atoms with Crippen molar-refractivity contribution >= 4 is 29.9 Å². The van der Waals surface area contributed by atoms with Crippen molar-refractivity contribution in [2.45, 2.75) is 65.6 Å². The van der Waals surface area contributed by atoms with Gasteiger partial charge in [0.2, 0.25) is 0 Å². The Bertz CT molecular complexity index is 1090. The summed E-state index contributed by atoms with van der Waals surface area (Å²) in [6.45, 7) is 11.3. The van der Waals surface area contributed by atoms with Gasteiger partial charge < -0.3 is 19.3 Å². The zero-order chi connectivity index (χ0) is 27.3. The van der Waals surface area contributed by atoms with Crippen LogP contribution in [0.2, 0.25) is 0 Å². The van der Waals surface area contributed by atoms with Crippen molar-refractivity contribution in [1.82, 2.24) is 4.98 Å². The molecule has 0 aliphatic rings. The first-order chi connectivity index (χ1) is 16.6. The fourth-order valence-corrected chi connectivity index (χ4v) is 3.07. The molecule has 194 valence electrons. The van der Waals surface area contributed by atoms with Gasteiger partial charge in [-0.1, -0.05) is 30.3 Å². The second-order valence-electron chi connectivity index (χ2n) is 9.79. The Labute approximate surface area is 210 Å². The largest absolute Gasteiger partial charge is 0.480 e. The molecular formula is C26H32N2O8. The molecule has 2 amide bonds. The van der Waals surface area contributed by atoms with Gasteiger partial charge in [0.1, 0.15) is 11.2 Å². The van der Waals surface area contributed by atoms with Gasteiger partial charge in [0.15, 0.2) is 11.7 Å². The van der Waals surface area contributed by atoms with Crippen molar-refractivity contribution in [2.75, 3.05) is 11.5 Å². The normalized spacial score (nSPS) is 12.3. The Morgan fingerprint density at radius 1 is 0.889 bits per heavy atom. The summed E-state index contributed by atoms with van der Waals surface area (Å²) in [4.78, 5) is 55.9. The number of anilines is 1. The molecule has 0 saturated heterocycles. The summed E-state index contributed by atoms with van der Waals surface area (Å²) in [5, 5.41) is 9.73. The fraction of sp³-hybridized carbons (Fsp3) is 0.423. The predicted octanol–water partition coefficient (Wildman–Crippen LogP) is 5.16. The van der Waals surface area contributed by atoms with Crippen LogP contribution in [0.15, 0.2) is 42.5 Å². The average Bonchev–Trinajstić information content (AvgIpc) is 2.72. The number of imide groups is 1. The molecule has 0 bridgehead atoms. The summed E-state index contributed by atoms with van der Waals surface area (Å²) >= 11 is 0. The fourth-order valence-electron chi connectivity index (χ4n) is 3.07. The molecule has 0 aliphatic carbocycles. The molecule has 2 rings (SSSR count). The van der Waals surface area contributed by atoms with Gasteiger partial charge in [-0.05, 0) is 66.2 Å². The minimum atomic E-state index is -1.78. The number of carboxylic acids is 1. The average molecular weight is 501 g/mol. The van der Waals surface area contributed by atoms with Gasteiger partial charge in [0.25, 0.3) is 0 Å². The number of nitrogens with zero attached hydrogens (tertiary/aromatic N) is 2. The topological polar surface area (TPSA) is 132 Å². The van der Waals surface area contributed by atoms with Crippen LogP contribution in [0.25, 0.3) is 11.1 Å². The molecule has 1 N–H and O–H groups in total. The minimum Gasteiger partial charge on any atom is -0.480 e. The third-order valence-corrected chi connectivity index (χ3v) is 4.41. The van der Waals surface area contributed by atoms with E-state index in [4.69, 9.17) is 14.2 Å². The molecule has 36 heavy (non-hydrogen) atoms. The summed E-state index contributed by atoms with van der Waals surface area (Å²) in [6, 6.07) is 11.5. The molecule has 10 nitrogen and oxygen atoms in total. The number of ether oxygens (including phenoxy) is 3. The lowest BCUT2D eigenvalue weighted by Crippen LogP contribution is -2.44. The van der Waals surface area contributed by atoms with Crippen LogP contribution in [-0.4, -0.2) is 52.0 Å². The molecule has 0 fully saturated rings. The van der Waals surface area contributed by atoms with E-state index in [-0.39, 0.29) is 18.1 Å². The number of rotatable bonds is 6. The molecule has 1 aromatic heterocycles. The Morgan fingerprint density at radius 3 is 1.86 bits per heavy atom. The summed E-state index contributed by atoms with van der Waals surface area (Å²) < 4.78 is 15.8. The lowest BCUT2D eigenvalue weighted by molar-refractivity contribution is -0.153. The number of hydrogen-bond acceptors (Lipinski definition) is 8. The van der Waals surface area contributed by atoms with E-state index in [1.807, 2.05) is 0 Å².